The van der Waals surface area contributed by atoms with Crippen LogP contribution in [0.15, 0.2) is 0 Å². The molecule has 0 aromatic carbocycles. The molecular weight excluding hydrogens is 236 g/mol. The fraction of sp³-hybridized carbons (Fsp3) is 0.750. The summed E-state index contributed by atoms with van der Waals surface area (Å²) in [5.74, 6) is -1.91. The second-order valence-corrected chi connectivity index (χ2v) is 4.36. The summed E-state index contributed by atoms with van der Waals surface area (Å²) < 4.78 is 0. The van der Waals surface area contributed by atoms with Gasteiger partial charge in [-0.1, -0.05) is 20.3 Å². The predicted molar refractivity (Wildman–Crippen MR) is 66.9 cm³/mol. The van der Waals surface area contributed by atoms with Gasteiger partial charge in [0, 0.05) is 20.0 Å². The molecule has 2 amide bonds. The van der Waals surface area contributed by atoms with Crippen molar-refractivity contribution in [2.24, 2.45) is 11.8 Å². The second kappa shape index (κ2) is 8.49. The summed E-state index contributed by atoms with van der Waals surface area (Å²) in [5, 5.41) is 14.0. The number of hydrogen-bond acceptors (Lipinski definition) is 3. The predicted octanol–water partition coefficient (Wildman–Crippen LogP) is 0.376. The zero-order valence-corrected chi connectivity index (χ0v) is 11.2. The number of hydrogen-bond donors (Lipinski definition) is 3. The molecule has 6 heteroatoms. The Balaban J connectivity index is 4.21. The largest absolute Gasteiger partial charge is 0.481 e. The molecule has 3 N–H and O–H groups in total. The zero-order valence-electron chi connectivity index (χ0n) is 11.2. The van der Waals surface area contributed by atoms with E-state index in [1.807, 2.05) is 13.8 Å². The highest BCUT2D eigenvalue weighted by Crippen LogP contribution is 2.19. The summed E-state index contributed by atoms with van der Waals surface area (Å²) in [5.41, 5.74) is 0. The first kappa shape index (κ1) is 16.4. The van der Waals surface area contributed by atoms with E-state index in [1.165, 1.54) is 6.92 Å². The summed E-state index contributed by atoms with van der Waals surface area (Å²) in [7, 11) is 0. The van der Waals surface area contributed by atoms with E-state index in [4.69, 9.17) is 5.11 Å². The molecule has 0 aliphatic carbocycles. The number of carbonyl (C=O) groups excluding carboxylic acids is 2. The van der Waals surface area contributed by atoms with Crippen molar-refractivity contribution in [2.45, 2.75) is 33.6 Å². The average Bonchev–Trinajstić information content (AvgIpc) is 2.29. The molecule has 0 saturated heterocycles. The molecule has 0 saturated carbocycles. The van der Waals surface area contributed by atoms with E-state index in [0.717, 1.165) is 6.42 Å². The normalized spacial score (nSPS) is 13.5. The summed E-state index contributed by atoms with van der Waals surface area (Å²) in [4.78, 5) is 33.2. The van der Waals surface area contributed by atoms with Gasteiger partial charge in [0.05, 0.1) is 12.3 Å². The van der Waals surface area contributed by atoms with Crippen LogP contribution in [0, 0.1) is 11.8 Å². The lowest BCUT2D eigenvalue weighted by Crippen LogP contribution is -2.39. The van der Waals surface area contributed by atoms with E-state index in [2.05, 4.69) is 10.6 Å². The van der Waals surface area contributed by atoms with Gasteiger partial charge in [-0.3, -0.25) is 14.4 Å². The highest BCUT2D eigenvalue weighted by atomic mass is 16.4. The van der Waals surface area contributed by atoms with Crippen molar-refractivity contribution >= 4 is 17.8 Å². The molecule has 0 rings (SSSR count). The van der Waals surface area contributed by atoms with Crippen molar-refractivity contribution in [1.29, 1.82) is 0 Å². The third kappa shape index (κ3) is 6.88. The Morgan fingerprint density at radius 3 is 2.17 bits per heavy atom. The van der Waals surface area contributed by atoms with E-state index in [-0.39, 0.29) is 24.2 Å². The summed E-state index contributed by atoms with van der Waals surface area (Å²) in [6.45, 7) is 5.84. The smallest absolute Gasteiger partial charge is 0.304 e. The molecule has 0 bridgehead atoms. The van der Waals surface area contributed by atoms with Crippen molar-refractivity contribution in [3.63, 3.8) is 0 Å². The molecule has 0 heterocycles. The zero-order chi connectivity index (χ0) is 14.1. The van der Waals surface area contributed by atoms with Crippen LogP contribution >= 0.6 is 0 Å². The molecule has 6 nitrogen and oxygen atoms in total. The number of amides is 2. The fourth-order valence-corrected chi connectivity index (χ4v) is 1.58. The topological polar surface area (TPSA) is 95.5 Å². The van der Waals surface area contributed by atoms with Gasteiger partial charge in [-0.2, -0.15) is 0 Å². The van der Waals surface area contributed by atoms with Gasteiger partial charge in [0.15, 0.2) is 0 Å². The SMILES string of the molecule is CCC(C)C(CC(=O)O)C(=O)NCCNC(C)=O. The van der Waals surface area contributed by atoms with Gasteiger partial charge < -0.3 is 15.7 Å². The Morgan fingerprint density at radius 2 is 1.72 bits per heavy atom. The van der Waals surface area contributed by atoms with Crippen LogP contribution in [-0.2, 0) is 14.4 Å². The van der Waals surface area contributed by atoms with E-state index < -0.39 is 11.9 Å². The first-order valence-electron chi connectivity index (χ1n) is 6.12. The van der Waals surface area contributed by atoms with E-state index >= 15 is 0 Å². The Bertz CT molecular complexity index is 304. The van der Waals surface area contributed by atoms with Crippen LogP contribution in [0.25, 0.3) is 0 Å². The number of carboxylic acid groups (broad SMARTS) is 1. The van der Waals surface area contributed by atoms with Crippen LogP contribution in [0.1, 0.15) is 33.6 Å². The summed E-state index contributed by atoms with van der Waals surface area (Å²) >= 11 is 0. The van der Waals surface area contributed by atoms with Gasteiger partial charge in [-0.25, -0.2) is 0 Å². The molecule has 2 unspecified atom stereocenters. The van der Waals surface area contributed by atoms with E-state index in [0.29, 0.717) is 13.1 Å². The molecule has 0 radical (unpaired) electrons. The Kier molecular flexibility index (Phi) is 7.74. The number of carboxylic acids is 1. The third-order valence-corrected chi connectivity index (χ3v) is 2.86. The third-order valence-electron chi connectivity index (χ3n) is 2.86. The lowest BCUT2D eigenvalue weighted by atomic mass is 9.88. The first-order valence-corrected chi connectivity index (χ1v) is 6.12. The number of carbonyl (C=O) groups is 3. The van der Waals surface area contributed by atoms with Crippen LogP contribution in [-0.4, -0.2) is 36.0 Å². The van der Waals surface area contributed by atoms with Crippen LogP contribution in [0.3, 0.4) is 0 Å². The van der Waals surface area contributed by atoms with Gasteiger partial charge in [-0.15, -0.1) is 0 Å². The molecule has 0 fully saturated rings. The maximum absolute atomic E-state index is 11.8. The van der Waals surface area contributed by atoms with E-state index in [9.17, 15) is 14.4 Å². The summed E-state index contributed by atoms with van der Waals surface area (Å²) in [6.07, 6.45) is 0.581. The van der Waals surface area contributed by atoms with Crippen LogP contribution in [0.2, 0.25) is 0 Å². The fourth-order valence-electron chi connectivity index (χ4n) is 1.58. The highest BCUT2D eigenvalue weighted by Gasteiger charge is 2.26. The minimum atomic E-state index is -0.975. The van der Waals surface area contributed by atoms with Gasteiger partial charge in [0.2, 0.25) is 11.8 Å². The quantitative estimate of drug-likeness (QED) is 0.548. The van der Waals surface area contributed by atoms with Crippen molar-refractivity contribution in [1.82, 2.24) is 10.6 Å². The lowest BCUT2D eigenvalue weighted by Gasteiger charge is -2.20. The van der Waals surface area contributed by atoms with Gasteiger partial charge >= 0.3 is 5.97 Å². The second-order valence-electron chi connectivity index (χ2n) is 4.36. The Morgan fingerprint density at radius 1 is 1.17 bits per heavy atom. The standard InChI is InChI=1S/C12H22N2O4/c1-4-8(2)10(7-11(16)17)12(18)14-6-5-13-9(3)15/h8,10H,4-7H2,1-3H3,(H,13,15)(H,14,18)(H,16,17). The number of nitrogens with one attached hydrogen (secondary N) is 2. The first-order chi connectivity index (χ1) is 8.38. The maximum Gasteiger partial charge on any atom is 0.304 e. The number of aliphatic carboxylic acids is 1. The van der Waals surface area contributed by atoms with Gasteiger partial charge in [-0.05, 0) is 5.92 Å². The van der Waals surface area contributed by atoms with Crippen molar-refractivity contribution in [3.05, 3.63) is 0 Å². The molecule has 0 aliphatic rings. The Labute approximate surface area is 107 Å². The average molecular weight is 258 g/mol. The van der Waals surface area contributed by atoms with Crippen molar-refractivity contribution in [2.75, 3.05) is 13.1 Å². The van der Waals surface area contributed by atoms with Crippen molar-refractivity contribution < 1.29 is 19.5 Å². The van der Waals surface area contributed by atoms with Gasteiger partial charge in [0.1, 0.15) is 0 Å². The van der Waals surface area contributed by atoms with Crippen LogP contribution in [0.5, 0.6) is 0 Å². The van der Waals surface area contributed by atoms with Crippen LogP contribution < -0.4 is 10.6 Å². The Hall–Kier alpha value is -1.59. The van der Waals surface area contributed by atoms with Crippen LogP contribution in [0.4, 0.5) is 0 Å². The summed E-state index contributed by atoms with van der Waals surface area (Å²) in [6, 6.07) is 0. The van der Waals surface area contributed by atoms with E-state index in [1.54, 1.807) is 0 Å². The molecule has 0 aromatic heterocycles. The molecule has 0 aliphatic heterocycles. The minimum absolute atomic E-state index is 0.0156. The molecule has 0 aromatic rings. The highest BCUT2D eigenvalue weighted by molar-refractivity contribution is 5.83. The molecule has 0 spiro atoms. The van der Waals surface area contributed by atoms with Gasteiger partial charge in [0.25, 0.3) is 0 Å². The maximum atomic E-state index is 11.8. The number of rotatable bonds is 8. The lowest BCUT2D eigenvalue weighted by molar-refractivity contribution is -0.142. The molecule has 2 atom stereocenters. The molecular formula is C12H22N2O4. The van der Waals surface area contributed by atoms with Crippen molar-refractivity contribution in [3.8, 4) is 0 Å². The monoisotopic (exact) mass is 258 g/mol. The molecule has 18 heavy (non-hydrogen) atoms. The molecule has 104 valence electrons. The minimum Gasteiger partial charge on any atom is -0.481 e.